The van der Waals surface area contributed by atoms with E-state index in [1.807, 2.05) is 0 Å². The van der Waals surface area contributed by atoms with Crippen LogP contribution < -0.4 is 0 Å². The molecule has 0 aromatic heterocycles. The summed E-state index contributed by atoms with van der Waals surface area (Å²) in [6, 6.07) is 8.68. The average molecular weight is 304 g/mol. The van der Waals surface area contributed by atoms with Crippen LogP contribution in [0.3, 0.4) is 0 Å². The zero-order valence-corrected chi connectivity index (χ0v) is 12.5. The molecule has 2 atom stereocenters. The molecule has 1 aliphatic rings. The van der Waals surface area contributed by atoms with Gasteiger partial charge in [0.15, 0.2) is 0 Å². The largest absolute Gasteiger partial charge is 0.466 e. The highest BCUT2D eigenvalue weighted by Gasteiger charge is 2.41. The first kappa shape index (κ1) is 15.9. The number of halogens is 1. The molecule has 2 rings (SSSR count). The molecular formula is C17H17FO4. The number of carbonyl (C=O) groups excluding carboxylic acids is 2. The van der Waals surface area contributed by atoms with Crippen LogP contribution in [0.25, 0.3) is 0 Å². The summed E-state index contributed by atoms with van der Waals surface area (Å²) < 4.78 is 24.2. The van der Waals surface area contributed by atoms with E-state index in [1.165, 1.54) is 14.2 Å². The lowest BCUT2D eigenvalue weighted by molar-refractivity contribution is -0.140. The number of carbonyl (C=O) groups is 2. The van der Waals surface area contributed by atoms with Gasteiger partial charge in [0.05, 0.1) is 31.3 Å². The minimum Gasteiger partial charge on any atom is -0.466 e. The molecule has 4 nitrogen and oxygen atoms in total. The van der Waals surface area contributed by atoms with Gasteiger partial charge in [-0.15, -0.1) is 0 Å². The Kier molecular flexibility index (Phi) is 4.75. The second-order valence-electron chi connectivity index (χ2n) is 5.00. The van der Waals surface area contributed by atoms with Crippen LogP contribution in [-0.2, 0) is 19.1 Å². The summed E-state index contributed by atoms with van der Waals surface area (Å²) in [5, 5.41) is 0. The smallest absolute Gasteiger partial charge is 0.335 e. The van der Waals surface area contributed by atoms with Crippen molar-refractivity contribution in [3.05, 3.63) is 59.2 Å². The number of methoxy groups -OCH3 is 2. The number of rotatable bonds is 3. The van der Waals surface area contributed by atoms with E-state index in [-0.39, 0.29) is 23.1 Å². The van der Waals surface area contributed by atoms with Gasteiger partial charge >= 0.3 is 11.9 Å². The Morgan fingerprint density at radius 2 is 1.73 bits per heavy atom. The van der Waals surface area contributed by atoms with Crippen molar-refractivity contribution >= 4 is 11.9 Å². The third kappa shape index (κ3) is 2.79. The fourth-order valence-electron chi connectivity index (χ4n) is 2.65. The molecule has 1 aliphatic carbocycles. The highest BCUT2D eigenvalue weighted by atomic mass is 19.1. The fourth-order valence-corrected chi connectivity index (χ4v) is 2.65. The molecule has 1 aromatic rings. The van der Waals surface area contributed by atoms with E-state index in [0.717, 1.165) is 0 Å². The van der Waals surface area contributed by atoms with Crippen LogP contribution in [0.2, 0.25) is 0 Å². The van der Waals surface area contributed by atoms with Crippen molar-refractivity contribution in [2.45, 2.75) is 18.5 Å². The van der Waals surface area contributed by atoms with E-state index in [1.54, 1.807) is 30.3 Å². The van der Waals surface area contributed by atoms with Crippen LogP contribution in [-0.4, -0.2) is 32.3 Å². The van der Waals surface area contributed by atoms with Crippen molar-refractivity contribution in [2.24, 2.45) is 0 Å². The second-order valence-corrected chi connectivity index (χ2v) is 5.00. The van der Waals surface area contributed by atoms with Gasteiger partial charge in [-0.2, -0.15) is 0 Å². The van der Waals surface area contributed by atoms with Gasteiger partial charge in [0, 0.05) is 6.42 Å². The first-order valence-corrected chi connectivity index (χ1v) is 6.77. The van der Waals surface area contributed by atoms with Crippen LogP contribution in [0.15, 0.2) is 53.6 Å². The van der Waals surface area contributed by atoms with E-state index in [9.17, 15) is 14.0 Å². The molecule has 116 valence electrons. The summed E-state index contributed by atoms with van der Waals surface area (Å²) in [5.41, 5.74) is 0.919. The third-order valence-electron chi connectivity index (χ3n) is 3.72. The molecule has 0 aliphatic heterocycles. The summed E-state index contributed by atoms with van der Waals surface area (Å²) in [6.07, 6.45) is -1.51. The topological polar surface area (TPSA) is 52.6 Å². The van der Waals surface area contributed by atoms with Crippen LogP contribution in [0.4, 0.5) is 4.39 Å². The van der Waals surface area contributed by atoms with E-state index in [0.29, 0.717) is 5.56 Å². The van der Waals surface area contributed by atoms with Crippen molar-refractivity contribution in [3.63, 3.8) is 0 Å². The van der Waals surface area contributed by atoms with Crippen molar-refractivity contribution < 1.29 is 23.5 Å². The van der Waals surface area contributed by atoms with Crippen LogP contribution >= 0.6 is 0 Å². The molecule has 22 heavy (non-hydrogen) atoms. The molecule has 0 amide bonds. The van der Waals surface area contributed by atoms with Gasteiger partial charge in [-0.1, -0.05) is 36.9 Å². The van der Waals surface area contributed by atoms with Gasteiger partial charge in [-0.3, -0.25) is 0 Å². The highest BCUT2D eigenvalue weighted by Crippen LogP contribution is 2.42. The predicted molar refractivity (Wildman–Crippen MR) is 78.9 cm³/mol. The fraction of sp³-hybridized carbons (Fsp3) is 0.294. The van der Waals surface area contributed by atoms with Crippen molar-refractivity contribution in [2.75, 3.05) is 14.2 Å². The lowest BCUT2D eigenvalue weighted by Crippen LogP contribution is -2.31. The van der Waals surface area contributed by atoms with Crippen LogP contribution in [0, 0.1) is 0 Å². The Morgan fingerprint density at radius 3 is 2.27 bits per heavy atom. The van der Waals surface area contributed by atoms with Gasteiger partial charge in [0.2, 0.25) is 0 Å². The molecule has 2 unspecified atom stereocenters. The third-order valence-corrected chi connectivity index (χ3v) is 3.72. The Labute approximate surface area is 128 Å². The molecule has 0 heterocycles. The number of hydrogen-bond acceptors (Lipinski definition) is 4. The van der Waals surface area contributed by atoms with Crippen molar-refractivity contribution in [3.8, 4) is 0 Å². The number of esters is 2. The predicted octanol–water partition coefficient (Wildman–Crippen LogP) is 2.71. The SMILES string of the molecule is C=C1CC(C(=O)OC)=C(C(=O)OC)C(c2ccccc2)C1F. The van der Waals surface area contributed by atoms with Crippen molar-refractivity contribution in [1.82, 2.24) is 0 Å². The zero-order valence-electron chi connectivity index (χ0n) is 12.5. The standard InChI is InChI=1S/C17H17FO4/c1-10-9-12(16(19)21-2)14(17(20)22-3)13(15(10)18)11-7-5-4-6-8-11/h4-8,13,15H,1,9H2,2-3H3. The molecule has 1 aromatic carbocycles. The Hall–Kier alpha value is -2.43. The van der Waals surface area contributed by atoms with Gasteiger partial charge < -0.3 is 9.47 Å². The quantitative estimate of drug-likeness (QED) is 0.636. The monoisotopic (exact) mass is 304 g/mol. The summed E-state index contributed by atoms with van der Waals surface area (Å²) in [6.45, 7) is 3.69. The number of benzene rings is 1. The first-order valence-electron chi connectivity index (χ1n) is 6.77. The maximum atomic E-state index is 14.7. The number of alkyl halides is 1. The van der Waals surface area contributed by atoms with E-state index in [4.69, 9.17) is 9.47 Å². The maximum absolute atomic E-state index is 14.7. The average Bonchev–Trinajstić information content (AvgIpc) is 2.56. The normalized spacial score (nSPS) is 21.5. The Bertz CT molecular complexity index is 633. The zero-order chi connectivity index (χ0) is 16.3. The molecule has 0 radical (unpaired) electrons. The summed E-state index contributed by atoms with van der Waals surface area (Å²) in [4.78, 5) is 24.1. The van der Waals surface area contributed by atoms with Crippen LogP contribution in [0.5, 0.6) is 0 Å². The maximum Gasteiger partial charge on any atom is 0.335 e. The van der Waals surface area contributed by atoms with Crippen molar-refractivity contribution in [1.29, 1.82) is 0 Å². The highest BCUT2D eigenvalue weighted by molar-refractivity contribution is 6.02. The Morgan fingerprint density at radius 1 is 1.14 bits per heavy atom. The van der Waals surface area contributed by atoms with E-state index in [2.05, 4.69) is 6.58 Å². The number of ether oxygens (including phenoxy) is 2. The van der Waals surface area contributed by atoms with E-state index < -0.39 is 24.0 Å². The second kappa shape index (κ2) is 6.56. The van der Waals surface area contributed by atoms with E-state index >= 15 is 0 Å². The molecule has 0 spiro atoms. The van der Waals surface area contributed by atoms with Gasteiger partial charge in [-0.25, -0.2) is 14.0 Å². The molecule has 0 fully saturated rings. The number of hydrogen-bond donors (Lipinski definition) is 0. The lowest BCUT2D eigenvalue weighted by atomic mass is 9.75. The summed E-state index contributed by atoms with van der Waals surface area (Å²) in [7, 11) is 2.41. The minimum atomic E-state index is -1.47. The molecule has 5 heteroatoms. The van der Waals surface area contributed by atoms with Gasteiger partial charge in [0.1, 0.15) is 6.17 Å². The molecular weight excluding hydrogens is 287 g/mol. The molecule has 0 saturated heterocycles. The van der Waals surface area contributed by atoms with Crippen LogP contribution in [0.1, 0.15) is 17.9 Å². The summed E-state index contributed by atoms with van der Waals surface area (Å²) in [5.74, 6) is -2.33. The molecule has 0 N–H and O–H groups in total. The number of allylic oxidation sites excluding steroid dienone is 1. The minimum absolute atomic E-state index is 0.000417. The Balaban J connectivity index is 2.66. The lowest BCUT2D eigenvalue weighted by Gasteiger charge is -2.31. The van der Waals surface area contributed by atoms with Gasteiger partial charge in [0.25, 0.3) is 0 Å². The van der Waals surface area contributed by atoms with Gasteiger partial charge in [-0.05, 0) is 11.1 Å². The first-order chi connectivity index (χ1) is 10.5. The molecule has 0 bridgehead atoms. The molecule has 0 saturated carbocycles. The summed E-state index contributed by atoms with van der Waals surface area (Å²) >= 11 is 0.